The molecule has 0 aromatic heterocycles. The molecule has 3 aliphatic rings. The van der Waals surface area contributed by atoms with E-state index in [4.69, 9.17) is 5.73 Å². The lowest BCUT2D eigenvalue weighted by Crippen LogP contribution is -2.47. The van der Waals surface area contributed by atoms with Crippen LogP contribution in [0.2, 0.25) is 0 Å². The second-order valence-electron chi connectivity index (χ2n) is 4.41. The van der Waals surface area contributed by atoms with Crippen LogP contribution in [0.15, 0.2) is 12.2 Å². The molecule has 0 spiro atoms. The summed E-state index contributed by atoms with van der Waals surface area (Å²) in [7, 11) is 0. The van der Waals surface area contributed by atoms with Crippen LogP contribution in [0.5, 0.6) is 0 Å². The SMILES string of the molecule is CC[C@@]1(C(N)=O)C[C@@H]2C=C[C@H]1CC2. The number of hydrogen-bond donors (Lipinski definition) is 1. The van der Waals surface area contributed by atoms with Gasteiger partial charge in [-0.15, -0.1) is 0 Å². The molecular weight excluding hydrogens is 162 g/mol. The summed E-state index contributed by atoms with van der Waals surface area (Å²) in [6, 6.07) is 0. The fourth-order valence-electron chi connectivity index (χ4n) is 2.99. The fourth-order valence-corrected chi connectivity index (χ4v) is 2.99. The van der Waals surface area contributed by atoms with Gasteiger partial charge in [-0.05, 0) is 37.5 Å². The molecule has 0 aromatic carbocycles. The van der Waals surface area contributed by atoms with E-state index >= 15 is 0 Å². The minimum atomic E-state index is -0.211. The molecule has 3 aliphatic carbocycles. The highest BCUT2D eigenvalue weighted by Gasteiger charge is 2.47. The predicted molar refractivity (Wildman–Crippen MR) is 51.9 cm³/mol. The van der Waals surface area contributed by atoms with Crippen molar-refractivity contribution >= 4 is 5.91 Å². The highest BCUT2D eigenvalue weighted by atomic mass is 16.1. The van der Waals surface area contributed by atoms with Crippen LogP contribution >= 0.6 is 0 Å². The molecule has 1 amide bonds. The van der Waals surface area contributed by atoms with Crippen LogP contribution in [0.25, 0.3) is 0 Å². The molecule has 72 valence electrons. The Labute approximate surface area is 79.2 Å². The molecule has 2 N–H and O–H groups in total. The van der Waals surface area contributed by atoms with Crippen molar-refractivity contribution in [3.63, 3.8) is 0 Å². The van der Waals surface area contributed by atoms with Gasteiger partial charge in [-0.3, -0.25) is 4.79 Å². The average molecular weight is 179 g/mol. The molecule has 0 unspecified atom stereocenters. The summed E-state index contributed by atoms with van der Waals surface area (Å²) >= 11 is 0. The summed E-state index contributed by atoms with van der Waals surface area (Å²) in [4.78, 5) is 11.5. The van der Waals surface area contributed by atoms with Gasteiger partial charge in [0.2, 0.25) is 5.91 Å². The number of primary amides is 1. The minimum Gasteiger partial charge on any atom is -0.369 e. The van der Waals surface area contributed by atoms with Crippen molar-refractivity contribution in [1.82, 2.24) is 0 Å². The van der Waals surface area contributed by atoms with E-state index in [-0.39, 0.29) is 11.3 Å². The smallest absolute Gasteiger partial charge is 0.224 e. The average Bonchev–Trinajstić information content (AvgIpc) is 2.19. The molecule has 2 heteroatoms. The lowest BCUT2D eigenvalue weighted by Gasteiger charge is -2.46. The van der Waals surface area contributed by atoms with Gasteiger partial charge in [-0.1, -0.05) is 19.1 Å². The van der Waals surface area contributed by atoms with E-state index < -0.39 is 0 Å². The monoisotopic (exact) mass is 179 g/mol. The third-order valence-electron chi connectivity index (χ3n) is 3.92. The zero-order chi connectivity index (χ0) is 9.47. The second kappa shape index (κ2) is 2.86. The van der Waals surface area contributed by atoms with Gasteiger partial charge in [0.1, 0.15) is 0 Å². The number of allylic oxidation sites excluding steroid dienone is 2. The number of amides is 1. The standard InChI is InChI=1S/C11H17NO/c1-2-11(10(12)13)7-8-3-5-9(11)6-4-8/h3,5,8-9H,2,4,6-7H2,1H3,(H2,12,13)/t8-,9+,11-/m1/s1. The molecule has 0 aromatic rings. The Kier molecular flexibility index (Phi) is 1.94. The summed E-state index contributed by atoms with van der Waals surface area (Å²) in [6.45, 7) is 2.08. The lowest BCUT2D eigenvalue weighted by atomic mass is 9.58. The molecule has 0 aliphatic heterocycles. The van der Waals surface area contributed by atoms with E-state index in [1.807, 2.05) is 0 Å². The Morgan fingerprint density at radius 2 is 2.31 bits per heavy atom. The third kappa shape index (κ3) is 1.11. The maximum atomic E-state index is 11.5. The van der Waals surface area contributed by atoms with Gasteiger partial charge >= 0.3 is 0 Å². The topological polar surface area (TPSA) is 43.1 Å². The lowest BCUT2D eigenvalue weighted by molar-refractivity contribution is -0.133. The van der Waals surface area contributed by atoms with Crippen molar-refractivity contribution in [3.05, 3.63) is 12.2 Å². The Balaban J connectivity index is 2.33. The molecule has 3 atom stereocenters. The molecule has 0 saturated heterocycles. The van der Waals surface area contributed by atoms with Crippen molar-refractivity contribution in [2.75, 3.05) is 0 Å². The summed E-state index contributed by atoms with van der Waals surface area (Å²) in [6.07, 6.45) is 8.76. The van der Waals surface area contributed by atoms with Crippen LogP contribution in [0.1, 0.15) is 32.6 Å². The summed E-state index contributed by atoms with van der Waals surface area (Å²) in [5, 5.41) is 0. The Morgan fingerprint density at radius 1 is 1.54 bits per heavy atom. The Morgan fingerprint density at radius 3 is 2.54 bits per heavy atom. The Bertz CT molecular complexity index is 259. The molecule has 0 heterocycles. The number of carbonyl (C=O) groups excluding carboxylic acids is 1. The summed E-state index contributed by atoms with van der Waals surface area (Å²) in [5.41, 5.74) is 5.32. The highest BCUT2D eigenvalue weighted by molar-refractivity contribution is 5.82. The van der Waals surface area contributed by atoms with E-state index in [0.717, 1.165) is 19.3 Å². The normalized spacial score (nSPS) is 42.2. The van der Waals surface area contributed by atoms with Gasteiger partial charge in [0.15, 0.2) is 0 Å². The van der Waals surface area contributed by atoms with Gasteiger partial charge in [0.05, 0.1) is 5.41 Å². The number of fused-ring (bicyclic) bond motifs is 2. The van der Waals surface area contributed by atoms with Crippen molar-refractivity contribution in [2.45, 2.75) is 32.6 Å². The van der Waals surface area contributed by atoms with Crippen molar-refractivity contribution in [1.29, 1.82) is 0 Å². The molecule has 1 saturated carbocycles. The highest BCUT2D eigenvalue weighted by Crippen LogP contribution is 2.50. The van der Waals surface area contributed by atoms with Crippen molar-refractivity contribution in [3.8, 4) is 0 Å². The number of nitrogens with two attached hydrogens (primary N) is 1. The second-order valence-corrected chi connectivity index (χ2v) is 4.41. The molecule has 13 heavy (non-hydrogen) atoms. The van der Waals surface area contributed by atoms with Gasteiger partial charge in [0, 0.05) is 0 Å². The van der Waals surface area contributed by atoms with Crippen LogP contribution in [-0.2, 0) is 4.79 Å². The van der Waals surface area contributed by atoms with E-state index in [2.05, 4.69) is 19.1 Å². The van der Waals surface area contributed by atoms with Crippen LogP contribution < -0.4 is 5.73 Å². The minimum absolute atomic E-state index is 0.0888. The first kappa shape index (κ1) is 8.79. The van der Waals surface area contributed by atoms with E-state index in [1.165, 1.54) is 6.42 Å². The first-order valence-corrected chi connectivity index (χ1v) is 5.17. The van der Waals surface area contributed by atoms with Crippen molar-refractivity contribution < 1.29 is 4.79 Å². The zero-order valence-electron chi connectivity index (χ0n) is 8.12. The van der Waals surface area contributed by atoms with Gasteiger partial charge in [-0.25, -0.2) is 0 Å². The van der Waals surface area contributed by atoms with Crippen LogP contribution in [0, 0.1) is 17.3 Å². The predicted octanol–water partition coefficient (Wildman–Crippen LogP) is 1.85. The molecule has 2 nitrogen and oxygen atoms in total. The maximum absolute atomic E-state index is 11.5. The van der Waals surface area contributed by atoms with Crippen LogP contribution in [-0.4, -0.2) is 5.91 Å². The molecule has 0 radical (unpaired) electrons. The quantitative estimate of drug-likeness (QED) is 0.646. The summed E-state index contributed by atoms with van der Waals surface area (Å²) in [5.74, 6) is 0.937. The zero-order valence-corrected chi connectivity index (χ0v) is 8.12. The van der Waals surface area contributed by atoms with Crippen LogP contribution in [0.4, 0.5) is 0 Å². The first-order chi connectivity index (χ1) is 6.19. The van der Waals surface area contributed by atoms with Gasteiger partial charge in [-0.2, -0.15) is 0 Å². The largest absolute Gasteiger partial charge is 0.369 e. The van der Waals surface area contributed by atoms with Gasteiger partial charge < -0.3 is 5.73 Å². The number of carbonyl (C=O) groups is 1. The third-order valence-corrected chi connectivity index (χ3v) is 3.92. The molecule has 3 rings (SSSR count). The fraction of sp³-hybridized carbons (Fsp3) is 0.727. The van der Waals surface area contributed by atoms with E-state index in [1.54, 1.807) is 0 Å². The van der Waals surface area contributed by atoms with Crippen molar-refractivity contribution in [2.24, 2.45) is 23.0 Å². The molecular formula is C11H17NO. The summed E-state index contributed by atoms with van der Waals surface area (Å²) < 4.78 is 0. The van der Waals surface area contributed by atoms with Gasteiger partial charge in [0.25, 0.3) is 0 Å². The van der Waals surface area contributed by atoms with E-state index in [0.29, 0.717) is 11.8 Å². The van der Waals surface area contributed by atoms with Crippen LogP contribution in [0.3, 0.4) is 0 Å². The Hall–Kier alpha value is -0.790. The molecule has 2 bridgehead atoms. The van der Waals surface area contributed by atoms with E-state index in [9.17, 15) is 4.79 Å². The molecule has 1 fully saturated rings. The maximum Gasteiger partial charge on any atom is 0.224 e. The number of hydrogen-bond acceptors (Lipinski definition) is 1. The number of rotatable bonds is 2. The first-order valence-electron chi connectivity index (χ1n) is 5.17.